The minimum absolute atomic E-state index is 0. The van der Waals surface area contributed by atoms with Gasteiger partial charge in [0.25, 0.3) is 0 Å². The predicted octanol–water partition coefficient (Wildman–Crippen LogP) is 30.6. The number of nitrogens with one attached hydrogen (secondary N) is 1. The molecule has 0 radical (unpaired) electrons. The van der Waals surface area contributed by atoms with Gasteiger partial charge in [0.15, 0.2) is 0 Å². The molecule has 0 amide bonds. The second-order valence-electron chi connectivity index (χ2n) is 26.4. The van der Waals surface area contributed by atoms with E-state index in [1.807, 2.05) is 22.7 Å². The van der Waals surface area contributed by atoms with Crippen LogP contribution < -0.4 is 10.2 Å². The number of hydrogen-bond acceptors (Lipinski definition) is 4. The van der Waals surface area contributed by atoms with Gasteiger partial charge in [0.2, 0.25) is 0 Å². The van der Waals surface area contributed by atoms with Gasteiger partial charge in [-0.1, -0.05) is 331 Å². The van der Waals surface area contributed by atoms with Gasteiger partial charge < -0.3 is 10.2 Å². The Morgan fingerprint density at radius 3 is 1.07 bits per heavy atom. The van der Waals surface area contributed by atoms with Crippen LogP contribution in [0.15, 0.2) is 405 Å². The van der Waals surface area contributed by atoms with Crippen LogP contribution in [-0.4, -0.2) is 0 Å². The van der Waals surface area contributed by atoms with E-state index in [0.29, 0.717) is 0 Å². The topological polar surface area (TPSA) is 15.3 Å². The van der Waals surface area contributed by atoms with E-state index in [4.69, 9.17) is 0 Å². The highest BCUT2D eigenvalue weighted by Crippen LogP contribution is 2.47. The Kier molecular flexibility index (Phi) is 17.7. The van der Waals surface area contributed by atoms with Crippen LogP contribution in [0.1, 0.15) is 1.43 Å². The predicted molar refractivity (Wildman–Crippen MR) is 462 cm³/mol. The first-order chi connectivity index (χ1) is 52.0. The number of nitrogens with zero attached hydrogens (tertiary/aromatic N) is 1. The molecule has 5 heteroatoms. The second-order valence-corrected chi connectivity index (χ2v) is 29.5. The number of hydrogen-bond donors (Lipinski definition) is 1. The van der Waals surface area contributed by atoms with Crippen LogP contribution in [0.25, 0.3) is 150 Å². The van der Waals surface area contributed by atoms with Crippen molar-refractivity contribution >= 4 is 150 Å². The van der Waals surface area contributed by atoms with Gasteiger partial charge >= 0.3 is 0 Å². The Morgan fingerprint density at radius 1 is 0.238 bits per heavy atom. The molecule has 0 spiro atoms. The molecule has 20 aromatic rings. The maximum atomic E-state index is 3.63. The molecule has 0 bridgehead atoms. The summed E-state index contributed by atoms with van der Waals surface area (Å²) in [5.74, 6) is 0. The van der Waals surface area contributed by atoms with Crippen LogP contribution in [0.2, 0.25) is 0 Å². The summed E-state index contributed by atoms with van der Waals surface area (Å²) in [5.41, 5.74) is 20.6. The number of benzene rings is 18. The summed E-state index contributed by atoms with van der Waals surface area (Å²) in [7, 11) is 0. The fourth-order valence-corrected chi connectivity index (χ4v) is 17.5. The molecule has 0 aliphatic heterocycles. The third-order valence-electron chi connectivity index (χ3n) is 20.1. The van der Waals surface area contributed by atoms with Gasteiger partial charge in [-0.25, -0.2) is 0 Å². The van der Waals surface area contributed by atoms with Gasteiger partial charge in [0, 0.05) is 53.9 Å². The zero-order valence-corrected chi connectivity index (χ0v) is 60.5. The molecule has 0 unspecified atom stereocenters. The molecule has 2 heterocycles. The summed E-state index contributed by atoms with van der Waals surface area (Å²) in [5, 5.41) is 19.0. The van der Waals surface area contributed by atoms with E-state index in [1.165, 1.54) is 156 Å². The van der Waals surface area contributed by atoms with Gasteiger partial charge in [-0.2, -0.15) is 0 Å². The lowest BCUT2D eigenvalue weighted by molar-refractivity contribution is 1.30. The third kappa shape index (κ3) is 13.0. The Balaban J connectivity index is 0.000000129. The molecule has 2 aromatic heterocycles. The monoisotopic (exact) mass is 1440 g/mol. The fourth-order valence-electron chi connectivity index (χ4n) is 14.9. The fraction of sp³-hybridized carbons (Fsp3) is 0. The van der Waals surface area contributed by atoms with Crippen LogP contribution in [0.4, 0.5) is 28.4 Å². The van der Waals surface area contributed by atoms with Crippen molar-refractivity contribution in [2.24, 2.45) is 0 Å². The molecule has 0 aliphatic carbocycles. The summed E-state index contributed by atoms with van der Waals surface area (Å²) in [6.07, 6.45) is 0. The zero-order valence-electron chi connectivity index (χ0n) is 57.2. The van der Waals surface area contributed by atoms with Crippen LogP contribution in [-0.2, 0) is 0 Å². The van der Waals surface area contributed by atoms with E-state index < -0.39 is 0 Å². The molecule has 0 atom stereocenters. The van der Waals surface area contributed by atoms with Crippen molar-refractivity contribution in [2.75, 3.05) is 10.2 Å². The van der Waals surface area contributed by atoms with E-state index in [-0.39, 0.29) is 1.43 Å². The standard InChI is InChI=1S/C50H33NS.C28H19NS.C22H15Br.H2/c1-2-11-34(12-3-1)39-24-23-36-15-9-19-44(47(36)33-39)38-27-31-41(32-28-38)51(48-21-10-20-46-45-17-6-7-22-49(45)52-50(46)48)40-29-25-37(26-30-40)43-18-8-14-35-13-4-5-16-42(35)43;1-2-9-22-19(7-1)8-5-11-23(22)20-15-17-21(18-16-20)29-26-13-6-12-25-24-10-3-4-14-27(24)30-28(25)26;23-20-13-11-18(12-14-20)21-8-4-7-17-9-10-19(15-22(17)21)16-5-2-1-3-6-16;/h1-33H;1-18,29H;1-15H;1H/i;;;1+1. The molecule has 0 saturated carbocycles. The largest absolute Gasteiger partial charge is 0.354 e. The van der Waals surface area contributed by atoms with Crippen molar-refractivity contribution < 1.29 is 1.43 Å². The van der Waals surface area contributed by atoms with Gasteiger partial charge in [-0.05, 0) is 195 Å². The number of rotatable bonds is 11. The average molecular weight is 1440 g/mol. The molecule has 2 nitrogen and oxygen atoms in total. The quantitative estimate of drug-likeness (QED) is 0.139. The van der Waals surface area contributed by atoms with Crippen molar-refractivity contribution in [1.82, 2.24) is 0 Å². The molecule has 0 fully saturated rings. The van der Waals surface area contributed by atoms with Gasteiger partial charge in [0.05, 0.1) is 20.8 Å². The molecule has 0 saturated heterocycles. The molecule has 0 aliphatic rings. The molecular formula is C100H69BrN2S2. The summed E-state index contributed by atoms with van der Waals surface area (Å²) in [6.45, 7) is 0. The minimum atomic E-state index is 0. The molecule has 498 valence electrons. The van der Waals surface area contributed by atoms with Crippen LogP contribution in [0.3, 0.4) is 0 Å². The molecular weight excluding hydrogens is 1370 g/mol. The van der Waals surface area contributed by atoms with Crippen molar-refractivity contribution in [3.63, 3.8) is 0 Å². The summed E-state index contributed by atoms with van der Waals surface area (Å²) < 4.78 is 6.32. The van der Waals surface area contributed by atoms with Gasteiger partial charge in [-0.3, -0.25) is 0 Å². The highest BCUT2D eigenvalue weighted by Gasteiger charge is 2.20. The van der Waals surface area contributed by atoms with E-state index in [0.717, 1.165) is 27.2 Å². The second kappa shape index (κ2) is 28.7. The Bertz CT molecular complexity index is 6540. The summed E-state index contributed by atoms with van der Waals surface area (Å²) in [6, 6.07) is 144. The number of halogens is 1. The van der Waals surface area contributed by atoms with Crippen molar-refractivity contribution in [2.45, 2.75) is 0 Å². The van der Waals surface area contributed by atoms with E-state index in [1.54, 1.807) is 0 Å². The van der Waals surface area contributed by atoms with E-state index >= 15 is 0 Å². The van der Waals surface area contributed by atoms with E-state index in [2.05, 4.69) is 427 Å². The zero-order chi connectivity index (χ0) is 70.0. The number of thiophene rings is 2. The number of anilines is 5. The Morgan fingerprint density at radius 2 is 0.581 bits per heavy atom. The van der Waals surface area contributed by atoms with Crippen molar-refractivity contribution in [3.8, 4) is 66.8 Å². The minimum Gasteiger partial charge on any atom is -0.354 e. The normalized spacial score (nSPS) is 11.3. The van der Waals surface area contributed by atoms with Crippen molar-refractivity contribution in [1.29, 1.82) is 0 Å². The van der Waals surface area contributed by atoms with Gasteiger partial charge in [0.1, 0.15) is 0 Å². The lowest BCUT2D eigenvalue weighted by atomic mass is 9.94. The molecule has 20 rings (SSSR count). The number of fused-ring (bicyclic) bond motifs is 10. The van der Waals surface area contributed by atoms with Crippen molar-refractivity contribution in [3.05, 3.63) is 405 Å². The Labute approximate surface area is 628 Å². The summed E-state index contributed by atoms with van der Waals surface area (Å²) in [4.78, 5) is 2.42. The molecule has 105 heavy (non-hydrogen) atoms. The van der Waals surface area contributed by atoms with Crippen LogP contribution in [0, 0.1) is 0 Å². The Hall–Kier alpha value is -12.5. The lowest BCUT2D eigenvalue weighted by Gasteiger charge is -2.26. The molecule has 1 N–H and O–H groups in total. The first-order valence-electron chi connectivity index (χ1n) is 35.5. The van der Waals surface area contributed by atoms with E-state index in [9.17, 15) is 0 Å². The van der Waals surface area contributed by atoms with Crippen LogP contribution >= 0.6 is 38.6 Å². The first kappa shape index (κ1) is 64.6. The third-order valence-corrected chi connectivity index (χ3v) is 23.0. The summed E-state index contributed by atoms with van der Waals surface area (Å²) >= 11 is 7.22. The maximum absolute atomic E-state index is 3.63. The SMILES string of the molecule is Brc1ccc(-c2cccc3ccc(-c4ccccc4)cc23)cc1.[2HH].c1ccc(-c2ccc3cccc(-c4ccc(N(c5ccc(-c6cccc7ccccc67)cc5)c5cccc6c5sc5ccccc56)cc4)c3c2)cc1.c1ccc2c(-c3ccc(Nc4cccc5c4sc4ccccc45)cc3)cccc2c1. The highest BCUT2D eigenvalue weighted by molar-refractivity contribution is 9.10. The highest BCUT2D eigenvalue weighted by atomic mass is 79.9. The first-order valence-corrected chi connectivity index (χ1v) is 38.0. The maximum Gasteiger partial charge on any atom is 0.0640 e. The average Bonchev–Trinajstić information content (AvgIpc) is 1.75. The lowest BCUT2D eigenvalue weighted by Crippen LogP contribution is -2.10. The van der Waals surface area contributed by atoms with Gasteiger partial charge in [-0.15, -0.1) is 22.7 Å². The smallest absolute Gasteiger partial charge is 0.0640 e. The molecule has 18 aromatic carbocycles. The van der Waals surface area contributed by atoms with Crippen LogP contribution in [0.5, 0.6) is 0 Å².